The molecule has 1 aromatic carbocycles. The third-order valence-electron chi connectivity index (χ3n) is 1.54. The van der Waals surface area contributed by atoms with Crippen molar-refractivity contribution in [2.45, 2.75) is 0 Å². The molecular weight excluding hydrogens is 258 g/mol. The van der Waals surface area contributed by atoms with Crippen LogP contribution < -0.4 is 0 Å². The van der Waals surface area contributed by atoms with Gasteiger partial charge in [-0.05, 0) is 22.0 Å². The van der Waals surface area contributed by atoms with Crippen LogP contribution >= 0.6 is 15.9 Å². The molecule has 0 saturated heterocycles. The topological polar surface area (TPSA) is 101 Å². The van der Waals surface area contributed by atoms with E-state index in [1.54, 1.807) is 0 Å². The smallest absolute Gasteiger partial charge is 0.353 e. The molecule has 0 fully saturated rings. The van der Waals surface area contributed by atoms with Gasteiger partial charge in [-0.15, -0.1) is 0 Å². The van der Waals surface area contributed by atoms with Crippen LogP contribution in [0, 0.1) is 10.1 Å². The zero-order valence-electron chi connectivity index (χ0n) is 6.60. The van der Waals surface area contributed by atoms with Crippen LogP contribution in [0.3, 0.4) is 0 Å². The van der Waals surface area contributed by atoms with Gasteiger partial charge in [0.1, 0.15) is 0 Å². The standard InChI is InChI=1S/C7H4BrNO5/c8-4-1-3(2-10)6(11)5(7(4)12)9(13)14/h1-2,11-12H. The maximum Gasteiger partial charge on any atom is 0.353 e. The Hall–Kier alpha value is -1.63. The van der Waals surface area contributed by atoms with E-state index in [0.29, 0.717) is 0 Å². The average molecular weight is 262 g/mol. The quantitative estimate of drug-likeness (QED) is 0.478. The monoisotopic (exact) mass is 261 g/mol. The summed E-state index contributed by atoms with van der Waals surface area (Å²) in [5.74, 6) is -1.55. The van der Waals surface area contributed by atoms with Crippen molar-refractivity contribution >= 4 is 27.9 Å². The number of carbonyl (C=O) groups excluding carboxylic acids is 1. The molecule has 1 aromatic rings. The summed E-state index contributed by atoms with van der Waals surface area (Å²) in [5, 5.41) is 28.8. The Bertz CT molecular complexity index is 417. The molecule has 0 aliphatic carbocycles. The number of halogens is 1. The highest BCUT2D eigenvalue weighted by molar-refractivity contribution is 9.10. The van der Waals surface area contributed by atoms with Gasteiger partial charge in [0.15, 0.2) is 6.29 Å². The van der Waals surface area contributed by atoms with E-state index in [0.717, 1.165) is 6.07 Å². The molecule has 0 atom stereocenters. The molecule has 0 aromatic heterocycles. The Kier molecular flexibility index (Phi) is 2.70. The molecule has 7 heteroatoms. The second-order valence-corrected chi connectivity index (χ2v) is 3.22. The highest BCUT2D eigenvalue weighted by atomic mass is 79.9. The summed E-state index contributed by atoms with van der Waals surface area (Å²) in [5.41, 5.74) is -1.15. The first-order valence-electron chi connectivity index (χ1n) is 3.33. The molecule has 0 heterocycles. The fourth-order valence-corrected chi connectivity index (χ4v) is 1.33. The van der Waals surface area contributed by atoms with Crippen molar-refractivity contribution in [3.05, 3.63) is 26.2 Å². The number of hydrogen-bond acceptors (Lipinski definition) is 5. The van der Waals surface area contributed by atoms with Gasteiger partial charge in [0.25, 0.3) is 0 Å². The number of aromatic hydroxyl groups is 2. The number of carbonyl (C=O) groups is 1. The van der Waals surface area contributed by atoms with E-state index >= 15 is 0 Å². The molecule has 0 aliphatic heterocycles. The van der Waals surface area contributed by atoms with Crippen LogP contribution in [-0.4, -0.2) is 21.4 Å². The van der Waals surface area contributed by atoms with Gasteiger partial charge in [0.2, 0.25) is 11.5 Å². The van der Waals surface area contributed by atoms with Gasteiger partial charge in [0.05, 0.1) is 15.0 Å². The number of phenols is 2. The zero-order chi connectivity index (χ0) is 10.9. The normalized spacial score (nSPS) is 9.79. The van der Waals surface area contributed by atoms with Gasteiger partial charge in [-0.25, -0.2) is 0 Å². The SMILES string of the molecule is O=Cc1cc(Br)c(O)c([N+](=O)[O-])c1O. The van der Waals surface area contributed by atoms with Gasteiger partial charge in [-0.1, -0.05) is 0 Å². The van der Waals surface area contributed by atoms with Crippen LogP contribution in [0.1, 0.15) is 10.4 Å². The van der Waals surface area contributed by atoms with Gasteiger partial charge < -0.3 is 10.2 Å². The van der Waals surface area contributed by atoms with Gasteiger partial charge >= 0.3 is 5.69 Å². The van der Waals surface area contributed by atoms with E-state index in [2.05, 4.69) is 15.9 Å². The minimum absolute atomic E-state index is 0.0240. The number of hydrogen-bond donors (Lipinski definition) is 2. The Labute approximate surface area is 86.1 Å². The molecule has 74 valence electrons. The highest BCUT2D eigenvalue weighted by Crippen LogP contribution is 2.42. The van der Waals surface area contributed by atoms with Crippen molar-refractivity contribution in [3.63, 3.8) is 0 Å². The predicted molar refractivity (Wildman–Crippen MR) is 49.5 cm³/mol. The van der Waals surface area contributed by atoms with Crippen molar-refractivity contribution in [2.75, 3.05) is 0 Å². The van der Waals surface area contributed by atoms with E-state index in [1.165, 1.54) is 0 Å². The molecule has 0 unspecified atom stereocenters. The van der Waals surface area contributed by atoms with Crippen LogP contribution in [-0.2, 0) is 0 Å². The molecular formula is C7H4BrNO5. The summed E-state index contributed by atoms with van der Waals surface area (Å²) >= 11 is 2.82. The number of nitro groups is 1. The third kappa shape index (κ3) is 1.53. The summed E-state index contributed by atoms with van der Waals surface area (Å²) in [6, 6.07) is 1.09. The first kappa shape index (κ1) is 10.5. The number of benzene rings is 1. The van der Waals surface area contributed by atoms with E-state index in [4.69, 9.17) is 0 Å². The second-order valence-electron chi connectivity index (χ2n) is 2.37. The van der Waals surface area contributed by atoms with Crippen molar-refractivity contribution in [1.82, 2.24) is 0 Å². The molecule has 0 radical (unpaired) electrons. The fourth-order valence-electron chi connectivity index (χ4n) is 0.898. The molecule has 1 rings (SSSR count). The number of phenolic OH excluding ortho intramolecular Hbond substituents is 2. The average Bonchev–Trinajstić information content (AvgIpc) is 2.11. The van der Waals surface area contributed by atoms with Crippen molar-refractivity contribution in [1.29, 1.82) is 0 Å². The Balaban J connectivity index is 3.61. The second kappa shape index (κ2) is 3.62. The van der Waals surface area contributed by atoms with Crippen molar-refractivity contribution in [3.8, 4) is 11.5 Å². The van der Waals surface area contributed by atoms with Crippen molar-refractivity contribution in [2.24, 2.45) is 0 Å². The third-order valence-corrected chi connectivity index (χ3v) is 2.14. The zero-order valence-corrected chi connectivity index (χ0v) is 8.19. The fraction of sp³-hybridized carbons (Fsp3) is 0. The van der Waals surface area contributed by atoms with E-state index < -0.39 is 22.1 Å². The number of rotatable bonds is 2. The molecule has 14 heavy (non-hydrogen) atoms. The molecule has 0 aliphatic rings. The Morgan fingerprint density at radius 2 is 2.00 bits per heavy atom. The van der Waals surface area contributed by atoms with Gasteiger partial charge in [0, 0.05) is 0 Å². The van der Waals surface area contributed by atoms with Crippen LogP contribution in [0.2, 0.25) is 0 Å². The summed E-state index contributed by atoms with van der Waals surface area (Å²) in [6.07, 6.45) is 0.256. The lowest BCUT2D eigenvalue weighted by molar-refractivity contribution is -0.387. The molecule has 6 nitrogen and oxygen atoms in total. The minimum Gasteiger partial charge on any atom is -0.501 e. The maximum absolute atomic E-state index is 10.4. The lowest BCUT2D eigenvalue weighted by atomic mass is 10.2. The predicted octanol–water partition coefficient (Wildman–Crippen LogP) is 1.58. The first-order chi connectivity index (χ1) is 6.49. The maximum atomic E-state index is 10.4. The van der Waals surface area contributed by atoms with Crippen LogP contribution in [0.15, 0.2) is 10.5 Å². The molecule has 0 saturated carbocycles. The number of nitrogens with zero attached hydrogens (tertiary/aromatic N) is 1. The van der Waals surface area contributed by atoms with E-state index in [9.17, 15) is 25.1 Å². The Morgan fingerprint density at radius 1 is 1.43 bits per heavy atom. The highest BCUT2D eigenvalue weighted by Gasteiger charge is 2.25. The van der Waals surface area contributed by atoms with Crippen LogP contribution in [0.4, 0.5) is 5.69 Å². The van der Waals surface area contributed by atoms with Crippen LogP contribution in [0.5, 0.6) is 11.5 Å². The Morgan fingerprint density at radius 3 is 2.43 bits per heavy atom. The summed E-state index contributed by atoms with van der Waals surface area (Å²) in [7, 11) is 0. The lowest BCUT2D eigenvalue weighted by Gasteiger charge is -2.02. The number of aldehydes is 1. The first-order valence-corrected chi connectivity index (χ1v) is 4.12. The van der Waals surface area contributed by atoms with Crippen molar-refractivity contribution < 1.29 is 19.9 Å². The molecule has 0 spiro atoms. The number of nitro benzene ring substituents is 1. The molecule has 0 amide bonds. The summed E-state index contributed by atoms with van der Waals surface area (Å²) in [6.45, 7) is 0. The van der Waals surface area contributed by atoms with Crippen LogP contribution in [0.25, 0.3) is 0 Å². The lowest BCUT2D eigenvalue weighted by Crippen LogP contribution is -1.93. The molecule has 0 bridgehead atoms. The summed E-state index contributed by atoms with van der Waals surface area (Å²) in [4.78, 5) is 19.8. The van der Waals surface area contributed by atoms with E-state index in [-0.39, 0.29) is 16.3 Å². The molecule has 2 N–H and O–H groups in total. The minimum atomic E-state index is -0.970. The van der Waals surface area contributed by atoms with Gasteiger partial charge in [-0.2, -0.15) is 0 Å². The largest absolute Gasteiger partial charge is 0.501 e. The van der Waals surface area contributed by atoms with Gasteiger partial charge in [-0.3, -0.25) is 14.9 Å². The summed E-state index contributed by atoms with van der Waals surface area (Å²) < 4.78 is -0.0240. The van der Waals surface area contributed by atoms with E-state index in [1.807, 2.05) is 0 Å².